The SMILES string of the molecule is COP(=O)(OC)OC1=CCCCC1=O. The molecule has 0 heterocycles. The maximum absolute atomic E-state index is 11.5. The number of carbonyl (C=O) groups is 1. The van der Waals surface area contributed by atoms with Gasteiger partial charge in [0.05, 0.1) is 0 Å². The Balaban J connectivity index is 2.71. The molecule has 80 valence electrons. The summed E-state index contributed by atoms with van der Waals surface area (Å²) in [6.07, 6.45) is 3.57. The van der Waals surface area contributed by atoms with Crippen molar-refractivity contribution in [1.82, 2.24) is 0 Å². The van der Waals surface area contributed by atoms with Gasteiger partial charge in [0.2, 0.25) is 0 Å². The topological polar surface area (TPSA) is 61.8 Å². The summed E-state index contributed by atoms with van der Waals surface area (Å²) >= 11 is 0. The van der Waals surface area contributed by atoms with Crippen molar-refractivity contribution in [3.05, 3.63) is 11.8 Å². The van der Waals surface area contributed by atoms with Crippen molar-refractivity contribution in [2.45, 2.75) is 19.3 Å². The third-order valence-electron chi connectivity index (χ3n) is 1.87. The Morgan fingerprint density at radius 1 is 1.36 bits per heavy atom. The molecular weight excluding hydrogens is 207 g/mol. The molecule has 0 amide bonds. The predicted molar refractivity (Wildman–Crippen MR) is 49.7 cm³/mol. The van der Waals surface area contributed by atoms with Crippen molar-refractivity contribution in [3.8, 4) is 0 Å². The molecule has 0 bridgehead atoms. The van der Waals surface area contributed by atoms with E-state index in [2.05, 4.69) is 9.05 Å². The van der Waals surface area contributed by atoms with Crippen molar-refractivity contribution < 1.29 is 22.9 Å². The lowest BCUT2D eigenvalue weighted by Gasteiger charge is -2.17. The monoisotopic (exact) mass is 220 g/mol. The van der Waals surface area contributed by atoms with Crippen LogP contribution in [0.3, 0.4) is 0 Å². The number of carbonyl (C=O) groups excluding carboxylic acids is 1. The molecule has 1 aliphatic rings. The van der Waals surface area contributed by atoms with Crippen LogP contribution in [0.4, 0.5) is 0 Å². The van der Waals surface area contributed by atoms with E-state index in [1.54, 1.807) is 6.08 Å². The zero-order valence-electron chi connectivity index (χ0n) is 8.19. The summed E-state index contributed by atoms with van der Waals surface area (Å²) in [6.45, 7) is 0. The Labute approximate surface area is 82.7 Å². The molecule has 1 aliphatic carbocycles. The minimum Gasteiger partial charge on any atom is -0.401 e. The predicted octanol–water partition coefficient (Wildman–Crippen LogP) is 2.04. The molecule has 0 fully saturated rings. The van der Waals surface area contributed by atoms with Crippen molar-refractivity contribution in [2.75, 3.05) is 14.2 Å². The van der Waals surface area contributed by atoms with E-state index in [1.165, 1.54) is 14.2 Å². The van der Waals surface area contributed by atoms with Crippen LogP contribution in [0.25, 0.3) is 0 Å². The Kier molecular flexibility index (Phi) is 3.86. The van der Waals surface area contributed by atoms with E-state index < -0.39 is 7.82 Å². The molecule has 0 aliphatic heterocycles. The van der Waals surface area contributed by atoms with E-state index in [1.807, 2.05) is 0 Å². The smallest absolute Gasteiger partial charge is 0.401 e. The first-order valence-electron chi connectivity index (χ1n) is 4.26. The normalized spacial score (nSPS) is 17.9. The number of hydrogen-bond donors (Lipinski definition) is 0. The summed E-state index contributed by atoms with van der Waals surface area (Å²) in [7, 11) is -1.16. The van der Waals surface area contributed by atoms with Gasteiger partial charge in [0.25, 0.3) is 0 Å². The minimum atomic E-state index is -3.58. The van der Waals surface area contributed by atoms with Crippen LogP contribution in [0.2, 0.25) is 0 Å². The Bertz CT molecular complexity index is 288. The van der Waals surface area contributed by atoms with Gasteiger partial charge >= 0.3 is 7.82 Å². The van der Waals surface area contributed by atoms with E-state index in [0.29, 0.717) is 6.42 Å². The van der Waals surface area contributed by atoms with Gasteiger partial charge in [0.1, 0.15) is 0 Å². The van der Waals surface area contributed by atoms with Crippen LogP contribution in [0, 0.1) is 0 Å². The average Bonchev–Trinajstić information content (AvgIpc) is 2.21. The van der Waals surface area contributed by atoms with E-state index in [9.17, 15) is 9.36 Å². The van der Waals surface area contributed by atoms with Crippen LogP contribution in [-0.2, 0) is 22.9 Å². The van der Waals surface area contributed by atoms with Crippen molar-refractivity contribution >= 4 is 13.6 Å². The minimum absolute atomic E-state index is 0.0864. The first kappa shape index (κ1) is 11.4. The maximum atomic E-state index is 11.5. The molecule has 0 aromatic rings. The Morgan fingerprint density at radius 3 is 2.50 bits per heavy atom. The van der Waals surface area contributed by atoms with Gasteiger partial charge in [-0.3, -0.25) is 13.8 Å². The molecule has 5 nitrogen and oxygen atoms in total. The molecule has 0 aromatic carbocycles. The quantitative estimate of drug-likeness (QED) is 0.678. The van der Waals surface area contributed by atoms with Crippen LogP contribution >= 0.6 is 7.82 Å². The van der Waals surface area contributed by atoms with Crippen LogP contribution in [0.15, 0.2) is 11.8 Å². The molecular formula is C8H13O5P. The molecule has 0 saturated heterocycles. The lowest BCUT2D eigenvalue weighted by molar-refractivity contribution is -0.118. The lowest BCUT2D eigenvalue weighted by atomic mass is 10.1. The molecule has 0 unspecified atom stereocenters. The second-order valence-electron chi connectivity index (χ2n) is 2.79. The van der Waals surface area contributed by atoms with Crippen LogP contribution in [-0.4, -0.2) is 20.0 Å². The molecule has 0 saturated carbocycles. The van der Waals surface area contributed by atoms with Gasteiger partial charge in [-0.05, 0) is 18.9 Å². The number of allylic oxidation sites excluding steroid dienone is 2. The van der Waals surface area contributed by atoms with Gasteiger partial charge in [-0.25, -0.2) is 4.57 Å². The fraction of sp³-hybridized carbons (Fsp3) is 0.625. The largest absolute Gasteiger partial charge is 0.529 e. The highest BCUT2D eigenvalue weighted by molar-refractivity contribution is 7.48. The van der Waals surface area contributed by atoms with Crippen molar-refractivity contribution in [3.63, 3.8) is 0 Å². The number of phosphoric acid groups is 1. The van der Waals surface area contributed by atoms with Gasteiger partial charge in [0, 0.05) is 20.6 Å². The van der Waals surface area contributed by atoms with Crippen LogP contribution < -0.4 is 0 Å². The van der Waals surface area contributed by atoms with Gasteiger partial charge in [-0.1, -0.05) is 0 Å². The van der Waals surface area contributed by atoms with E-state index in [-0.39, 0.29) is 11.5 Å². The third kappa shape index (κ3) is 2.67. The van der Waals surface area contributed by atoms with E-state index in [4.69, 9.17) is 4.52 Å². The summed E-state index contributed by atoms with van der Waals surface area (Å²) in [5.74, 6) is -0.0751. The zero-order chi connectivity index (χ0) is 10.6. The van der Waals surface area contributed by atoms with Crippen molar-refractivity contribution in [2.24, 2.45) is 0 Å². The highest BCUT2D eigenvalue weighted by atomic mass is 31.2. The van der Waals surface area contributed by atoms with Crippen LogP contribution in [0.5, 0.6) is 0 Å². The first-order chi connectivity index (χ1) is 6.61. The summed E-state index contributed by atoms with van der Waals surface area (Å²) in [5.41, 5.74) is 0. The van der Waals surface area contributed by atoms with Gasteiger partial charge in [-0.2, -0.15) is 0 Å². The zero-order valence-corrected chi connectivity index (χ0v) is 9.08. The number of Topliss-reactive ketones (excluding diaryl/α,β-unsaturated/α-hetero) is 1. The van der Waals surface area contributed by atoms with Gasteiger partial charge in [0.15, 0.2) is 11.5 Å². The third-order valence-corrected chi connectivity index (χ3v) is 3.18. The second-order valence-corrected chi connectivity index (χ2v) is 4.59. The fourth-order valence-corrected chi connectivity index (χ4v) is 1.81. The standard InChI is InChI=1S/C8H13O5P/c1-11-14(10,12-2)13-8-6-4-3-5-7(8)9/h6H,3-5H2,1-2H3. The summed E-state index contributed by atoms with van der Waals surface area (Å²) < 4.78 is 25.5. The number of hydrogen-bond acceptors (Lipinski definition) is 5. The average molecular weight is 220 g/mol. The lowest BCUT2D eigenvalue weighted by Crippen LogP contribution is -2.10. The molecule has 0 atom stereocenters. The molecule has 0 spiro atoms. The summed E-state index contributed by atoms with van der Waals surface area (Å²) in [6, 6.07) is 0. The highest BCUT2D eigenvalue weighted by Gasteiger charge is 2.29. The molecule has 0 aromatic heterocycles. The van der Waals surface area contributed by atoms with Crippen molar-refractivity contribution in [1.29, 1.82) is 0 Å². The number of ketones is 1. The summed E-state index contributed by atoms with van der Waals surface area (Å²) in [5, 5.41) is 0. The second kappa shape index (κ2) is 4.73. The fourth-order valence-electron chi connectivity index (χ4n) is 1.09. The van der Waals surface area contributed by atoms with E-state index >= 15 is 0 Å². The number of rotatable bonds is 4. The number of phosphoric ester groups is 1. The first-order valence-corrected chi connectivity index (χ1v) is 5.72. The Hall–Kier alpha value is -0.640. The Morgan fingerprint density at radius 2 is 2.00 bits per heavy atom. The van der Waals surface area contributed by atoms with Crippen LogP contribution in [0.1, 0.15) is 19.3 Å². The molecule has 6 heteroatoms. The molecule has 0 N–H and O–H groups in total. The van der Waals surface area contributed by atoms with E-state index in [0.717, 1.165) is 12.8 Å². The maximum Gasteiger partial charge on any atom is 0.529 e. The molecule has 14 heavy (non-hydrogen) atoms. The molecule has 1 rings (SSSR count). The summed E-state index contributed by atoms with van der Waals surface area (Å²) in [4.78, 5) is 11.3. The van der Waals surface area contributed by atoms with Gasteiger partial charge in [-0.15, -0.1) is 0 Å². The highest BCUT2D eigenvalue weighted by Crippen LogP contribution is 2.50. The molecule has 0 radical (unpaired) electrons. The van der Waals surface area contributed by atoms with Gasteiger partial charge < -0.3 is 4.52 Å².